The first-order valence-corrected chi connectivity index (χ1v) is 12.0. The predicted octanol–water partition coefficient (Wildman–Crippen LogP) is 6.01. The van der Waals surface area contributed by atoms with Gasteiger partial charge in [0.25, 0.3) is 5.91 Å². The van der Waals surface area contributed by atoms with Crippen molar-refractivity contribution in [2.24, 2.45) is 11.0 Å². The average Bonchev–Trinajstić information content (AvgIpc) is 3.04. The monoisotopic (exact) mass is 528 g/mol. The van der Waals surface area contributed by atoms with Crippen molar-refractivity contribution in [3.05, 3.63) is 58.1 Å². The number of hydrogen-bond acceptors (Lipinski definition) is 5. The molecular formula is C24H25Cl2F3N4O2. The van der Waals surface area contributed by atoms with Crippen LogP contribution in [-0.2, 0) is 4.79 Å². The molecule has 11 heteroatoms. The second-order valence-electron chi connectivity index (χ2n) is 8.51. The van der Waals surface area contributed by atoms with Gasteiger partial charge >= 0.3 is 6.18 Å². The molecule has 2 unspecified atom stereocenters. The molecule has 1 fully saturated rings. The molecule has 0 saturated carbocycles. The van der Waals surface area contributed by atoms with E-state index in [1.165, 1.54) is 37.4 Å². The highest BCUT2D eigenvalue weighted by Gasteiger charge is 2.56. The summed E-state index contributed by atoms with van der Waals surface area (Å²) in [6.45, 7) is 1.15. The topological polar surface area (TPSA) is 57.2 Å². The SMILES string of the molecule is COc1ccc(C2C(C(F)(F)F)C(C(=O)NN3CCCCCC3)=NN2c2ccc(Cl)cc2Cl)cc1. The Hall–Kier alpha value is -2.49. The number of halogens is 5. The molecule has 1 saturated heterocycles. The number of rotatable bonds is 5. The van der Waals surface area contributed by atoms with Gasteiger partial charge in [-0.05, 0) is 48.7 Å². The number of carbonyl (C=O) groups excluding carboxylic acids is 1. The number of ether oxygens (including phenoxy) is 1. The lowest BCUT2D eigenvalue weighted by Gasteiger charge is -2.30. The highest BCUT2D eigenvalue weighted by atomic mass is 35.5. The van der Waals surface area contributed by atoms with E-state index in [4.69, 9.17) is 27.9 Å². The lowest BCUT2D eigenvalue weighted by molar-refractivity contribution is -0.160. The zero-order valence-electron chi connectivity index (χ0n) is 19.0. The van der Waals surface area contributed by atoms with Crippen LogP contribution in [0, 0.1) is 5.92 Å². The Bertz CT molecular complexity index is 1090. The summed E-state index contributed by atoms with van der Waals surface area (Å²) in [5.41, 5.74) is 2.55. The van der Waals surface area contributed by atoms with E-state index in [1.807, 2.05) is 0 Å². The Morgan fingerprint density at radius 1 is 1.06 bits per heavy atom. The van der Waals surface area contributed by atoms with Crippen molar-refractivity contribution >= 4 is 40.5 Å². The second kappa shape index (κ2) is 10.6. The van der Waals surface area contributed by atoms with Crippen LogP contribution in [0.4, 0.5) is 18.9 Å². The number of carbonyl (C=O) groups is 1. The van der Waals surface area contributed by atoms with Crippen molar-refractivity contribution < 1.29 is 22.7 Å². The first kappa shape index (κ1) is 25.6. The number of anilines is 1. The number of hydrazine groups is 1. The first-order chi connectivity index (χ1) is 16.7. The maximum absolute atomic E-state index is 14.6. The number of alkyl halides is 3. The summed E-state index contributed by atoms with van der Waals surface area (Å²) >= 11 is 12.4. The fourth-order valence-electron chi connectivity index (χ4n) is 4.44. The van der Waals surface area contributed by atoms with Crippen LogP contribution in [-0.4, -0.2) is 43.0 Å². The van der Waals surface area contributed by atoms with Crippen molar-refractivity contribution in [3.8, 4) is 5.75 Å². The minimum atomic E-state index is -4.76. The van der Waals surface area contributed by atoms with E-state index in [2.05, 4.69) is 10.5 Å². The van der Waals surface area contributed by atoms with Crippen molar-refractivity contribution in [2.45, 2.75) is 37.9 Å². The van der Waals surface area contributed by atoms with Gasteiger partial charge < -0.3 is 4.74 Å². The maximum Gasteiger partial charge on any atom is 0.399 e. The normalized spacial score (nSPS) is 21.4. The molecule has 2 heterocycles. The van der Waals surface area contributed by atoms with Gasteiger partial charge in [0.15, 0.2) is 0 Å². The van der Waals surface area contributed by atoms with Crippen molar-refractivity contribution in [2.75, 3.05) is 25.2 Å². The third kappa shape index (κ3) is 5.68. The third-order valence-electron chi connectivity index (χ3n) is 6.15. The molecule has 2 aliphatic heterocycles. The number of amides is 1. The molecule has 0 aliphatic carbocycles. The molecule has 0 bridgehead atoms. The molecule has 35 heavy (non-hydrogen) atoms. The number of nitrogens with one attached hydrogen (secondary N) is 1. The van der Waals surface area contributed by atoms with Crippen LogP contribution >= 0.6 is 23.2 Å². The lowest BCUT2D eigenvalue weighted by Crippen LogP contribution is -2.49. The Balaban J connectivity index is 1.77. The molecule has 2 aromatic carbocycles. The number of methoxy groups -OCH3 is 1. The average molecular weight is 529 g/mol. The predicted molar refractivity (Wildman–Crippen MR) is 130 cm³/mol. The summed E-state index contributed by atoms with van der Waals surface area (Å²) in [7, 11) is 1.47. The molecule has 4 rings (SSSR count). The van der Waals surface area contributed by atoms with Gasteiger partial charge in [0.1, 0.15) is 17.4 Å². The standard InChI is InChI=1S/C24H25Cl2F3N4O2/c1-35-17-9-6-15(7-10-17)22-20(24(27,28)29)21(23(34)31-32-12-4-2-3-5-13-32)30-33(22)19-11-8-16(25)14-18(19)26/h6-11,14,20,22H,2-5,12-13H2,1H3,(H,31,34). The molecule has 2 aliphatic rings. The van der Waals surface area contributed by atoms with E-state index in [0.29, 0.717) is 29.4 Å². The largest absolute Gasteiger partial charge is 0.497 e. The highest BCUT2D eigenvalue weighted by molar-refractivity contribution is 6.41. The van der Waals surface area contributed by atoms with Crippen LogP contribution in [0.3, 0.4) is 0 Å². The zero-order valence-corrected chi connectivity index (χ0v) is 20.5. The Morgan fingerprint density at radius 2 is 1.71 bits per heavy atom. The van der Waals surface area contributed by atoms with Crippen LogP contribution < -0.4 is 15.2 Å². The van der Waals surface area contributed by atoms with Crippen LogP contribution in [0.1, 0.15) is 37.3 Å². The molecule has 1 N–H and O–H groups in total. The van der Waals surface area contributed by atoms with Gasteiger partial charge in [-0.15, -0.1) is 0 Å². The molecule has 0 radical (unpaired) electrons. The minimum Gasteiger partial charge on any atom is -0.497 e. The zero-order chi connectivity index (χ0) is 25.2. The van der Waals surface area contributed by atoms with Gasteiger partial charge in [-0.2, -0.15) is 18.3 Å². The van der Waals surface area contributed by atoms with Gasteiger partial charge in [0, 0.05) is 18.1 Å². The fraction of sp³-hybridized carbons (Fsp3) is 0.417. The van der Waals surface area contributed by atoms with E-state index in [9.17, 15) is 18.0 Å². The van der Waals surface area contributed by atoms with Crippen molar-refractivity contribution in [1.29, 1.82) is 0 Å². The van der Waals surface area contributed by atoms with E-state index in [0.717, 1.165) is 30.7 Å². The summed E-state index contributed by atoms with van der Waals surface area (Å²) in [5.74, 6) is -2.57. The number of nitrogens with zero attached hydrogens (tertiary/aromatic N) is 3. The second-order valence-corrected chi connectivity index (χ2v) is 9.35. The molecule has 0 spiro atoms. The fourth-order valence-corrected chi connectivity index (χ4v) is 4.94. The molecule has 2 atom stereocenters. The number of hydrogen-bond donors (Lipinski definition) is 1. The van der Waals surface area contributed by atoms with Crippen LogP contribution in [0.5, 0.6) is 5.75 Å². The molecule has 1 amide bonds. The van der Waals surface area contributed by atoms with Gasteiger partial charge in [-0.1, -0.05) is 48.2 Å². The number of hydrazone groups is 1. The summed E-state index contributed by atoms with van der Waals surface area (Å²) in [4.78, 5) is 13.2. The Labute approximate surface area is 211 Å². The van der Waals surface area contributed by atoms with Crippen molar-refractivity contribution in [3.63, 3.8) is 0 Å². The summed E-state index contributed by atoms with van der Waals surface area (Å²) in [5, 5.41) is 7.50. The Morgan fingerprint density at radius 3 is 2.29 bits per heavy atom. The molecule has 2 aromatic rings. The Kier molecular flexibility index (Phi) is 7.78. The number of benzene rings is 2. The van der Waals surface area contributed by atoms with Crippen LogP contribution in [0.25, 0.3) is 0 Å². The van der Waals surface area contributed by atoms with E-state index >= 15 is 0 Å². The summed E-state index contributed by atoms with van der Waals surface area (Å²) in [6.07, 6.45) is -1.01. The quantitative estimate of drug-likeness (QED) is 0.516. The maximum atomic E-state index is 14.6. The van der Waals surface area contributed by atoms with Gasteiger partial charge in [-0.3, -0.25) is 15.2 Å². The summed E-state index contributed by atoms with van der Waals surface area (Å²) < 4.78 is 48.9. The molecular weight excluding hydrogens is 504 g/mol. The van der Waals surface area contributed by atoms with Crippen molar-refractivity contribution in [1.82, 2.24) is 10.4 Å². The third-order valence-corrected chi connectivity index (χ3v) is 6.69. The van der Waals surface area contributed by atoms with Crippen LogP contribution in [0.15, 0.2) is 47.6 Å². The van der Waals surface area contributed by atoms with Gasteiger partial charge in [-0.25, -0.2) is 5.01 Å². The first-order valence-electron chi connectivity index (χ1n) is 11.3. The molecule has 188 valence electrons. The highest BCUT2D eigenvalue weighted by Crippen LogP contribution is 2.48. The van der Waals surface area contributed by atoms with E-state index in [-0.39, 0.29) is 10.7 Å². The van der Waals surface area contributed by atoms with E-state index in [1.54, 1.807) is 17.1 Å². The minimum absolute atomic E-state index is 0.120. The van der Waals surface area contributed by atoms with Gasteiger partial charge in [0.05, 0.1) is 23.9 Å². The molecule has 6 nitrogen and oxygen atoms in total. The molecule has 0 aromatic heterocycles. The summed E-state index contributed by atoms with van der Waals surface area (Å²) in [6, 6.07) is 9.28. The lowest BCUT2D eigenvalue weighted by atomic mass is 9.88. The van der Waals surface area contributed by atoms with Crippen LogP contribution in [0.2, 0.25) is 10.0 Å². The smallest absolute Gasteiger partial charge is 0.399 e. The van der Waals surface area contributed by atoms with E-state index < -0.39 is 29.8 Å². The van der Waals surface area contributed by atoms with Gasteiger partial charge in [0.2, 0.25) is 0 Å².